The summed E-state index contributed by atoms with van der Waals surface area (Å²) in [5, 5.41) is 0.995. The third-order valence-electron chi connectivity index (χ3n) is 3.68. The van der Waals surface area contributed by atoms with Crippen LogP contribution in [0.2, 0.25) is 0 Å². The Labute approximate surface area is 141 Å². The standard InChI is InChI=1S/C18H17NO4S/c1-12-10-13(4-7-18(12)23-24(3,20)21)15-8-9-19-17-11-14(22-2)5-6-16(15)17/h4-11H,1-3H3. The number of aromatic nitrogens is 1. The molecule has 0 fully saturated rings. The molecule has 0 spiro atoms. The zero-order valence-corrected chi connectivity index (χ0v) is 14.4. The molecule has 124 valence electrons. The Bertz CT molecular complexity index is 1010. The van der Waals surface area contributed by atoms with Crippen LogP contribution in [0.25, 0.3) is 22.0 Å². The predicted molar refractivity (Wildman–Crippen MR) is 93.9 cm³/mol. The summed E-state index contributed by atoms with van der Waals surface area (Å²) in [6.45, 7) is 1.82. The lowest BCUT2D eigenvalue weighted by atomic mass is 9.99. The van der Waals surface area contributed by atoms with E-state index in [4.69, 9.17) is 8.92 Å². The number of pyridine rings is 1. The van der Waals surface area contributed by atoms with Crippen molar-refractivity contribution in [3.63, 3.8) is 0 Å². The van der Waals surface area contributed by atoms with E-state index in [2.05, 4.69) is 4.98 Å². The first kappa shape index (κ1) is 16.3. The maximum Gasteiger partial charge on any atom is 0.306 e. The van der Waals surface area contributed by atoms with E-state index >= 15 is 0 Å². The van der Waals surface area contributed by atoms with Crippen LogP contribution in [0, 0.1) is 6.92 Å². The number of aryl methyl sites for hydroxylation is 1. The van der Waals surface area contributed by atoms with Gasteiger partial charge < -0.3 is 8.92 Å². The number of fused-ring (bicyclic) bond motifs is 1. The minimum absolute atomic E-state index is 0.335. The lowest BCUT2D eigenvalue weighted by Crippen LogP contribution is -2.06. The highest BCUT2D eigenvalue weighted by atomic mass is 32.2. The molecule has 0 saturated carbocycles. The van der Waals surface area contributed by atoms with E-state index in [0.717, 1.165) is 39.6 Å². The number of rotatable bonds is 4. The highest BCUT2D eigenvalue weighted by Crippen LogP contribution is 2.32. The van der Waals surface area contributed by atoms with E-state index in [1.54, 1.807) is 19.4 Å². The third-order valence-corrected chi connectivity index (χ3v) is 4.16. The molecule has 1 heterocycles. The Morgan fingerprint density at radius 1 is 1.04 bits per heavy atom. The van der Waals surface area contributed by atoms with E-state index in [9.17, 15) is 8.42 Å². The number of hydrogen-bond donors (Lipinski definition) is 0. The second-order valence-electron chi connectivity index (χ2n) is 5.51. The predicted octanol–water partition coefficient (Wildman–Crippen LogP) is 3.56. The highest BCUT2D eigenvalue weighted by Gasteiger charge is 2.11. The van der Waals surface area contributed by atoms with Crippen molar-refractivity contribution in [3.8, 4) is 22.6 Å². The Morgan fingerprint density at radius 2 is 1.83 bits per heavy atom. The molecule has 0 bridgehead atoms. The lowest BCUT2D eigenvalue weighted by molar-refractivity contribution is 0.415. The fraction of sp³-hybridized carbons (Fsp3) is 0.167. The van der Waals surface area contributed by atoms with E-state index in [-0.39, 0.29) is 0 Å². The monoisotopic (exact) mass is 343 g/mol. The summed E-state index contributed by atoms with van der Waals surface area (Å²) in [7, 11) is -1.92. The molecule has 0 aliphatic rings. The minimum Gasteiger partial charge on any atom is -0.497 e. The second-order valence-corrected chi connectivity index (χ2v) is 7.08. The molecule has 0 radical (unpaired) electrons. The quantitative estimate of drug-likeness (QED) is 0.678. The summed E-state index contributed by atoms with van der Waals surface area (Å²) in [4.78, 5) is 4.38. The van der Waals surface area contributed by atoms with Gasteiger partial charge in [0, 0.05) is 17.6 Å². The Balaban J connectivity index is 2.09. The van der Waals surface area contributed by atoms with Crippen LogP contribution in [0.5, 0.6) is 11.5 Å². The van der Waals surface area contributed by atoms with Crippen LogP contribution in [0.3, 0.4) is 0 Å². The molecule has 0 atom stereocenters. The zero-order valence-electron chi connectivity index (χ0n) is 13.6. The van der Waals surface area contributed by atoms with E-state index in [1.165, 1.54) is 0 Å². The summed E-state index contributed by atoms with van der Waals surface area (Å²) in [5.74, 6) is 1.08. The average molecular weight is 343 g/mol. The van der Waals surface area contributed by atoms with Crippen LogP contribution < -0.4 is 8.92 Å². The molecule has 3 rings (SSSR count). The minimum atomic E-state index is -3.54. The first-order valence-corrected chi connectivity index (χ1v) is 9.12. The smallest absolute Gasteiger partial charge is 0.306 e. The van der Waals surface area contributed by atoms with Gasteiger partial charge in [0.15, 0.2) is 0 Å². The maximum atomic E-state index is 11.3. The van der Waals surface area contributed by atoms with Crippen LogP contribution in [0.4, 0.5) is 0 Å². The van der Waals surface area contributed by atoms with Gasteiger partial charge in [-0.25, -0.2) is 0 Å². The van der Waals surface area contributed by atoms with Crippen LogP contribution in [-0.2, 0) is 10.1 Å². The number of ether oxygens (including phenoxy) is 1. The van der Waals surface area contributed by atoms with Gasteiger partial charge >= 0.3 is 10.1 Å². The van der Waals surface area contributed by atoms with Crippen molar-refractivity contribution in [2.75, 3.05) is 13.4 Å². The van der Waals surface area contributed by atoms with Gasteiger partial charge in [-0.05, 0) is 53.9 Å². The number of methoxy groups -OCH3 is 1. The van der Waals surface area contributed by atoms with Crippen LogP contribution >= 0.6 is 0 Å². The molecular weight excluding hydrogens is 326 g/mol. The molecular formula is C18H17NO4S. The SMILES string of the molecule is COc1ccc2c(-c3ccc(OS(C)(=O)=O)c(C)c3)ccnc2c1. The first-order chi connectivity index (χ1) is 11.4. The van der Waals surface area contributed by atoms with Crippen LogP contribution in [0.15, 0.2) is 48.7 Å². The van der Waals surface area contributed by atoms with Crippen molar-refractivity contribution < 1.29 is 17.3 Å². The molecule has 1 aromatic heterocycles. The van der Waals surface area contributed by atoms with Crippen LogP contribution in [-0.4, -0.2) is 26.8 Å². The molecule has 0 saturated heterocycles. The summed E-state index contributed by atoms with van der Waals surface area (Å²) < 4.78 is 32.8. The molecule has 5 nitrogen and oxygen atoms in total. The number of hydrogen-bond acceptors (Lipinski definition) is 5. The average Bonchev–Trinajstić information content (AvgIpc) is 2.54. The molecule has 2 aromatic carbocycles. The van der Waals surface area contributed by atoms with Gasteiger partial charge in [0.2, 0.25) is 0 Å². The fourth-order valence-electron chi connectivity index (χ4n) is 2.58. The van der Waals surface area contributed by atoms with Gasteiger partial charge in [-0.2, -0.15) is 8.42 Å². The summed E-state index contributed by atoms with van der Waals surface area (Å²) in [6.07, 6.45) is 2.78. The van der Waals surface area contributed by atoms with Gasteiger partial charge in [0.1, 0.15) is 11.5 Å². The maximum absolute atomic E-state index is 11.3. The normalized spacial score (nSPS) is 11.5. The summed E-state index contributed by atoms with van der Waals surface area (Å²) in [6, 6.07) is 13.1. The van der Waals surface area contributed by atoms with Crippen molar-refractivity contribution in [3.05, 3.63) is 54.2 Å². The largest absolute Gasteiger partial charge is 0.497 e. The molecule has 0 aliphatic carbocycles. The Morgan fingerprint density at radius 3 is 2.50 bits per heavy atom. The molecule has 6 heteroatoms. The van der Waals surface area contributed by atoms with Crippen molar-refractivity contribution in [2.24, 2.45) is 0 Å². The molecule has 0 unspecified atom stereocenters. The topological polar surface area (TPSA) is 65.5 Å². The van der Waals surface area contributed by atoms with E-state index < -0.39 is 10.1 Å². The van der Waals surface area contributed by atoms with Gasteiger partial charge in [-0.3, -0.25) is 4.98 Å². The summed E-state index contributed by atoms with van der Waals surface area (Å²) >= 11 is 0. The van der Waals surface area contributed by atoms with Gasteiger partial charge in [0.05, 0.1) is 18.9 Å². The zero-order chi connectivity index (χ0) is 17.3. The van der Waals surface area contributed by atoms with Gasteiger partial charge in [-0.1, -0.05) is 6.07 Å². The molecule has 0 N–H and O–H groups in total. The summed E-state index contributed by atoms with van der Waals surface area (Å²) in [5.41, 5.74) is 3.56. The molecule has 0 aliphatic heterocycles. The number of nitrogens with zero attached hydrogens (tertiary/aromatic N) is 1. The van der Waals surface area contributed by atoms with Gasteiger partial charge in [0.25, 0.3) is 0 Å². The molecule has 0 amide bonds. The van der Waals surface area contributed by atoms with Crippen LogP contribution in [0.1, 0.15) is 5.56 Å². The van der Waals surface area contributed by atoms with E-state index in [0.29, 0.717) is 5.75 Å². The Kier molecular flexibility index (Phi) is 4.15. The molecule has 3 aromatic rings. The Hall–Kier alpha value is -2.60. The first-order valence-electron chi connectivity index (χ1n) is 7.30. The van der Waals surface area contributed by atoms with Gasteiger partial charge in [-0.15, -0.1) is 0 Å². The van der Waals surface area contributed by atoms with Crippen molar-refractivity contribution in [2.45, 2.75) is 6.92 Å². The highest BCUT2D eigenvalue weighted by molar-refractivity contribution is 7.86. The fourth-order valence-corrected chi connectivity index (χ4v) is 3.09. The third kappa shape index (κ3) is 3.33. The van der Waals surface area contributed by atoms with Crippen molar-refractivity contribution in [1.29, 1.82) is 0 Å². The molecule has 24 heavy (non-hydrogen) atoms. The lowest BCUT2D eigenvalue weighted by Gasteiger charge is -2.11. The van der Waals surface area contributed by atoms with Crippen molar-refractivity contribution in [1.82, 2.24) is 4.98 Å². The van der Waals surface area contributed by atoms with E-state index in [1.807, 2.05) is 43.3 Å². The number of benzene rings is 2. The van der Waals surface area contributed by atoms with Crippen molar-refractivity contribution >= 4 is 21.0 Å². The second kappa shape index (κ2) is 6.13.